The second kappa shape index (κ2) is 8.97. The van der Waals surface area contributed by atoms with Crippen LogP contribution in [0.25, 0.3) is 22.7 Å². The minimum absolute atomic E-state index is 0.451. The summed E-state index contributed by atoms with van der Waals surface area (Å²) < 4.78 is 11.7. The first-order valence-electron chi connectivity index (χ1n) is 9.77. The van der Waals surface area contributed by atoms with Gasteiger partial charge in [-0.15, -0.1) is 0 Å². The highest BCUT2D eigenvalue weighted by molar-refractivity contribution is 5.90. The Morgan fingerprint density at radius 1 is 1.00 bits per heavy atom. The predicted molar refractivity (Wildman–Crippen MR) is 118 cm³/mol. The first-order chi connectivity index (χ1) is 14.8. The number of allylic oxidation sites excluding steroid dienone is 1. The summed E-state index contributed by atoms with van der Waals surface area (Å²) in [4.78, 5) is 7.72. The molecule has 0 aliphatic carbocycles. The maximum absolute atomic E-state index is 9.67. The van der Waals surface area contributed by atoms with E-state index >= 15 is 0 Å². The number of rotatable bonds is 7. The maximum atomic E-state index is 9.67. The fourth-order valence-electron chi connectivity index (χ4n) is 3.14. The molecule has 0 bridgehead atoms. The van der Waals surface area contributed by atoms with Crippen molar-refractivity contribution in [1.82, 2.24) is 9.97 Å². The number of aromatic amines is 1. The molecule has 0 atom stereocenters. The fourth-order valence-corrected chi connectivity index (χ4v) is 3.14. The summed E-state index contributed by atoms with van der Waals surface area (Å²) in [6.07, 6.45) is 1.79. The second-order valence-corrected chi connectivity index (χ2v) is 6.69. The quantitative estimate of drug-likeness (QED) is 0.413. The van der Waals surface area contributed by atoms with E-state index in [9.17, 15) is 5.26 Å². The van der Waals surface area contributed by atoms with Gasteiger partial charge in [0.15, 0.2) is 11.5 Å². The van der Waals surface area contributed by atoms with Gasteiger partial charge in [0.1, 0.15) is 18.5 Å². The highest BCUT2D eigenvalue weighted by Gasteiger charge is 2.10. The number of para-hydroxylation sites is 2. The van der Waals surface area contributed by atoms with Crippen molar-refractivity contribution in [1.29, 1.82) is 5.26 Å². The third-order valence-electron chi connectivity index (χ3n) is 4.58. The number of nitrogens with zero attached hydrogens (tertiary/aromatic N) is 2. The number of H-pyrrole nitrogens is 1. The highest BCUT2D eigenvalue weighted by Crippen LogP contribution is 2.31. The lowest BCUT2D eigenvalue weighted by Crippen LogP contribution is -2.00. The number of benzene rings is 3. The van der Waals surface area contributed by atoms with Gasteiger partial charge >= 0.3 is 0 Å². The van der Waals surface area contributed by atoms with E-state index in [0.29, 0.717) is 36.1 Å². The largest absolute Gasteiger partial charge is 0.490 e. The van der Waals surface area contributed by atoms with Crippen LogP contribution in [0, 0.1) is 11.3 Å². The number of nitrogens with one attached hydrogen (secondary N) is 1. The van der Waals surface area contributed by atoms with Crippen LogP contribution in [0.15, 0.2) is 72.8 Å². The number of ether oxygens (including phenoxy) is 2. The van der Waals surface area contributed by atoms with Crippen LogP contribution >= 0.6 is 0 Å². The summed E-state index contributed by atoms with van der Waals surface area (Å²) in [5.74, 6) is 1.85. The van der Waals surface area contributed by atoms with E-state index in [1.54, 1.807) is 6.08 Å². The third kappa shape index (κ3) is 4.34. The van der Waals surface area contributed by atoms with E-state index in [1.807, 2.05) is 79.7 Å². The molecule has 30 heavy (non-hydrogen) atoms. The molecule has 4 rings (SSSR count). The molecule has 148 valence electrons. The fraction of sp³-hybridized carbons (Fsp3) is 0.120. The Labute approximate surface area is 175 Å². The van der Waals surface area contributed by atoms with Gasteiger partial charge in [-0.2, -0.15) is 5.26 Å². The smallest absolute Gasteiger partial charge is 0.161 e. The predicted octanol–water partition coefficient (Wildman–Crippen LogP) is 5.60. The standard InChI is InChI=1S/C25H21N3O2/c1-2-29-24-15-19(12-13-23(24)30-17-18-8-4-3-5-9-18)14-20(16-26)25-27-21-10-6-7-11-22(21)28-25/h3-15H,2,17H2,1H3,(H,27,28)/b20-14+. The summed E-state index contributed by atoms with van der Waals surface area (Å²) in [6.45, 7) is 2.90. The molecule has 1 aromatic heterocycles. The first kappa shape index (κ1) is 19.3. The van der Waals surface area contributed by atoms with Crippen molar-refractivity contribution < 1.29 is 9.47 Å². The van der Waals surface area contributed by atoms with E-state index in [4.69, 9.17) is 9.47 Å². The molecule has 0 saturated carbocycles. The Morgan fingerprint density at radius 3 is 2.57 bits per heavy atom. The molecule has 4 aromatic rings. The van der Waals surface area contributed by atoms with E-state index in [1.165, 1.54) is 0 Å². The molecule has 0 aliphatic heterocycles. The summed E-state index contributed by atoms with van der Waals surface area (Å²) in [5.41, 5.74) is 4.09. The van der Waals surface area contributed by atoms with Crippen LogP contribution in [0.4, 0.5) is 0 Å². The molecular formula is C25H21N3O2. The first-order valence-corrected chi connectivity index (χ1v) is 9.77. The van der Waals surface area contributed by atoms with Gasteiger partial charge in [0, 0.05) is 0 Å². The van der Waals surface area contributed by atoms with Crippen LogP contribution in [-0.4, -0.2) is 16.6 Å². The zero-order chi connectivity index (χ0) is 20.8. The second-order valence-electron chi connectivity index (χ2n) is 6.69. The van der Waals surface area contributed by atoms with Gasteiger partial charge in [-0.25, -0.2) is 4.98 Å². The summed E-state index contributed by atoms with van der Waals surface area (Å²) in [5, 5.41) is 9.67. The molecule has 0 amide bonds. The Kier molecular flexibility index (Phi) is 5.77. The van der Waals surface area contributed by atoms with Crippen LogP contribution in [0.1, 0.15) is 23.9 Å². The minimum Gasteiger partial charge on any atom is -0.490 e. The number of imidazole rings is 1. The average Bonchev–Trinajstić information content (AvgIpc) is 3.22. The lowest BCUT2D eigenvalue weighted by molar-refractivity contribution is 0.269. The summed E-state index contributed by atoms with van der Waals surface area (Å²) in [6, 6.07) is 25.6. The van der Waals surface area contributed by atoms with Crippen molar-refractivity contribution in [2.24, 2.45) is 0 Å². The molecule has 3 aromatic carbocycles. The van der Waals surface area contributed by atoms with Gasteiger partial charge in [-0.3, -0.25) is 0 Å². The lowest BCUT2D eigenvalue weighted by Gasteiger charge is -2.13. The highest BCUT2D eigenvalue weighted by atomic mass is 16.5. The van der Waals surface area contributed by atoms with E-state index in [-0.39, 0.29) is 0 Å². The number of nitriles is 1. The molecule has 0 saturated heterocycles. The van der Waals surface area contributed by atoms with Gasteiger partial charge in [0.2, 0.25) is 0 Å². The van der Waals surface area contributed by atoms with Crippen molar-refractivity contribution in [3.63, 3.8) is 0 Å². The topological polar surface area (TPSA) is 70.9 Å². The van der Waals surface area contributed by atoms with Crippen LogP contribution < -0.4 is 9.47 Å². The van der Waals surface area contributed by atoms with Gasteiger partial charge in [0.25, 0.3) is 0 Å². The van der Waals surface area contributed by atoms with Crippen LogP contribution in [0.2, 0.25) is 0 Å². The Balaban J connectivity index is 1.61. The Bertz CT molecular complexity index is 1190. The van der Waals surface area contributed by atoms with Gasteiger partial charge in [-0.1, -0.05) is 48.5 Å². The number of fused-ring (bicyclic) bond motifs is 1. The van der Waals surface area contributed by atoms with Crippen molar-refractivity contribution in [2.75, 3.05) is 6.61 Å². The molecule has 0 fully saturated rings. The molecule has 0 unspecified atom stereocenters. The Morgan fingerprint density at radius 2 is 1.80 bits per heavy atom. The van der Waals surface area contributed by atoms with Crippen LogP contribution in [-0.2, 0) is 6.61 Å². The Hall–Kier alpha value is -4.04. The molecule has 0 radical (unpaired) electrons. The number of aromatic nitrogens is 2. The lowest BCUT2D eigenvalue weighted by atomic mass is 10.1. The molecular weight excluding hydrogens is 374 g/mol. The van der Waals surface area contributed by atoms with Gasteiger partial charge < -0.3 is 14.5 Å². The number of hydrogen-bond donors (Lipinski definition) is 1. The normalized spacial score (nSPS) is 11.3. The molecule has 0 spiro atoms. The molecule has 5 nitrogen and oxygen atoms in total. The maximum Gasteiger partial charge on any atom is 0.161 e. The zero-order valence-electron chi connectivity index (χ0n) is 16.6. The van der Waals surface area contributed by atoms with Gasteiger partial charge in [0.05, 0.1) is 23.2 Å². The van der Waals surface area contributed by atoms with Crippen molar-refractivity contribution >= 4 is 22.7 Å². The van der Waals surface area contributed by atoms with E-state index in [2.05, 4.69) is 16.0 Å². The van der Waals surface area contributed by atoms with E-state index in [0.717, 1.165) is 22.2 Å². The van der Waals surface area contributed by atoms with Crippen LogP contribution in [0.5, 0.6) is 11.5 Å². The monoisotopic (exact) mass is 395 g/mol. The average molecular weight is 395 g/mol. The molecule has 5 heteroatoms. The van der Waals surface area contributed by atoms with Gasteiger partial charge in [-0.05, 0) is 48.4 Å². The summed E-state index contributed by atoms with van der Waals surface area (Å²) >= 11 is 0. The van der Waals surface area contributed by atoms with Crippen molar-refractivity contribution in [3.05, 3.63) is 89.7 Å². The SMILES string of the molecule is CCOc1cc(/C=C(\C#N)c2nc3ccccc3[nH]2)ccc1OCc1ccccc1. The van der Waals surface area contributed by atoms with E-state index < -0.39 is 0 Å². The van der Waals surface area contributed by atoms with Crippen molar-refractivity contribution in [3.8, 4) is 17.6 Å². The minimum atomic E-state index is 0.451. The summed E-state index contributed by atoms with van der Waals surface area (Å²) in [7, 11) is 0. The molecule has 0 aliphatic rings. The molecule has 1 heterocycles. The molecule has 1 N–H and O–H groups in total. The van der Waals surface area contributed by atoms with Crippen LogP contribution in [0.3, 0.4) is 0 Å². The number of hydrogen-bond acceptors (Lipinski definition) is 4. The third-order valence-corrected chi connectivity index (χ3v) is 4.58. The zero-order valence-corrected chi connectivity index (χ0v) is 16.6. The van der Waals surface area contributed by atoms with Crippen molar-refractivity contribution in [2.45, 2.75) is 13.5 Å².